The van der Waals surface area contributed by atoms with Gasteiger partial charge >= 0.3 is 0 Å². The first kappa shape index (κ1) is 14.9. The van der Waals surface area contributed by atoms with Crippen LogP contribution in [0.25, 0.3) is 0 Å². The number of anilines is 1. The van der Waals surface area contributed by atoms with Gasteiger partial charge in [0.1, 0.15) is 11.6 Å². The molecule has 0 radical (unpaired) electrons. The Bertz CT molecular complexity index is 535. The molecule has 0 amide bonds. The minimum absolute atomic E-state index is 0.441. The average Bonchev–Trinajstić information content (AvgIpc) is 2.45. The fraction of sp³-hybridized carbons (Fsp3) is 0.357. The van der Waals surface area contributed by atoms with Crippen molar-refractivity contribution in [1.82, 2.24) is 15.0 Å². The summed E-state index contributed by atoms with van der Waals surface area (Å²) < 4.78 is 6.04. The topological polar surface area (TPSA) is 59.9 Å². The molecule has 0 aliphatic rings. The normalized spacial score (nSPS) is 10.6. The number of halogens is 1. The highest BCUT2D eigenvalue weighted by atomic mass is 79.9. The number of nitrogens with zero attached hydrogens (tertiary/aromatic N) is 3. The molecule has 0 spiro atoms. The summed E-state index contributed by atoms with van der Waals surface area (Å²) in [6, 6.07) is 5.82. The molecular formula is C14H17BrN4O. The molecule has 0 aliphatic heterocycles. The SMILES string of the molecule is CCNc1nc(Cc2ccccn2)nc(COC)c1Br. The fourth-order valence-corrected chi connectivity index (χ4v) is 2.24. The van der Waals surface area contributed by atoms with Crippen LogP contribution >= 0.6 is 15.9 Å². The van der Waals surface area contributed by atoms with E-state index in [2.05, 4.69) is 36.2 Å². The number of rotatable bonds is 6. The van der Waals surface area contributed by atoms with Crippen molar-refractivity contribution in [2.75, 3.05) is 19.0 Å². The van der Waals surface area contributed by atoms with Gasteiger partial charge in [-0.3, -0.25) is 4.98 Å². The Kier molecular flexibility index (Phi) is 5.43. The lowest BCUT2D eigenvalue weighted by Gasteiger charge is -2.11. The van der Waals surface area contributed by atoms with Crippen molar-refractivity contribution in [3.05, 3.63) is 46.1 Å². The van der Waals surface area contributed by atoms with Crippen molar-refractivity contribution in [2.24, 2.45) is 0 Å². The number of hydrogen-bond donors (Lipinski definition) is 1. The maximum Gasteiger partial charge on any atom is 0.144 e. The molecule has 2 heterocycles. The van der Waals surface area contributed by atoms with Crippen molar-refractivity contribution >= 4 is 21.7 Å². The number of ether oxygens (including phenoxy) is 1. The molecule has 0 saturated heterocycles. The van der Waals surface area contributed by atoms with E-state index < -0.39 is 0 Å². The van der Waals surface area contributed by atoms with E-state index in [-0.39, 0.29) is 0 Å². The van der Waals surface area contributed by atoms with Gasteiger partial charge in [0.25, 0.3) is 0 Å². The third-order valence-corrected chi connectivity index (χ3v) is 3.49. The number of pyridine rings is 1. The molecule has 2 aromatic rings. The summed E-state index contributed by atoms with van der Waals surface area (Å²) in [5.41, 5.74) is 1.78. The summed E-state index contributed by atoms with van der Waals surface area (Å²) in [4.78, 5) is 13.4. The lowest BCUT2D eigenvalue weighted by Crippen LogP contribution is -2.09. The maximum atomic E-state index is 5.18. The summed E-state index contributed by atoms with van der Waals surface area (Å²) in [5, 5.41) is 3.23. The molecule has 2 rings (SSSR count). The van der Waals surface area contributed by atoms with Crippen LogP contribution in [0.15, 0.2) is 28.9 Å². The van der Waals surface area contributed by atoms with Crippen LogP contribution in [0.1, 0.15) is 24.1 Å². The third-order valence-electron chi connectivity index (χ3n) is 2.66. The van der Waals surface area contributed by atoms with E-state index in [9.17, 15) is 0 Å². The summed E-state index contributed by atoms with van der Waals surface area (Å²) in [6.45, 7) is 3.27. The molecule has 0 saturated carbocycles. The Morgan fingerprint density at radius 3 is 2.80 bits per heavy atom. The van der Waals surface area contributed by atoms with Crippen molar-refractivity contribution in [3.8, 4) is 0 Å². The molecule has 106 valence electrons. The lowest BCUT2D eigenvalue weighted by molar-refractivity contribution is 0.180. The highest BCUT2D eigenvalue weighted by molar-refractivity contribution is 9.10. The lowest BCUT2D eigenvalue weighted by atomic mass is 10.2. The molecule has 0 fully saturated rings. The second-order valence-electron chi connectivity index (χ2n) is 4.21. The number of nitrogens with one attached hydrogen (secondary N) is 1. The first-order chi connectivity index (χ1) is 9.74. The van der Waals surface area contributed by atoms with Crippen LogP contribution in [0.3, 0.4) is 0 Å². The van der Waals surface area contributed by atoms with Gasteiger partial charge in [-0.1, -0.05) is 6.07 Å². The highest BCUT2D eigenvalue weighted by Crippen LogP contribution is 2.24. The largest absolute Gasteiger partial charge is 0.378 e. The Morgan fingerprint density at radius 2 is 2.15 bits per heavy atom. The van der Waals surface area contributed by atoms with Gasteiger partial charge in [-0.05, 0) is 35.0 Å². The van der Waals surface area contributed by atoms with Crippen LogP contribution in [-0.4, -0.2) is 28.6 Å². The van der Waals surface area contributed by atoms with Gasteiger partial charge in [0.15, 0.2) is 0 Å². The summed E-state index contributed by atoms with van der Waals surface area (Å²) in [7, 11) is 1.65. The summed E-state index contributed by atoms with van der Waals surface area (Å²) >= 11 is 3.52. The number of methoxy groups -OCH3 is 1. The average molecular weight is 337 g/mol. The minimum Gasteiger partial charge on any atom is -0.378 e. The van der Waals surface area contributed by atoms with E-state index in [1.807, 2.05) is 25.1 Å². The van der Waals surface area contributed by atoms with Gasteiger partial charge < -0.3 is 10.1 Å². The summed E-state index contributed by atoms with van der Waals surface area (Å²) in [5.74, 6) is 1.52. The van der Waals surface area contributed by atoms with Gasteiger partial charge in [0.2, 0.25) is 0 Å². The molecule has 1 N–H and O–H groups in total. The molecule has 20 heavy (non-hydrogen) atoms. The molecular weight excluding hydrogens is 320 g/mol. The van der Waals surface area contributed by atoms with Crippen LogP contribution in [0, 0.1) is 0 Å². The van der Waals surface area contributed by atoms with Gasteiger partial charge in [-0.2, -0.15) is 0 Å². The Morgan fingerprint density at radius 1 is 1.30 bits per heavy atom. The standard InChI is InChI=1S/C14H17BrN4O/c1-3-16-14-13(15)11(9-20-2)18-12(19-14)8-10-6-4-5-7-17-10/h4-7H,3,8-9H2,1-2H3,(H,16,18,19). The van der Waals surface area contributed by atoms with E-state index in [0.29, 0.717) is 13.0 Å². The molecule has 2 aromatic heterocycles. The second kappa shape index (κ2) is 7.31. The van der Waals surface area contributed by atoms with E-state index in [4.69, 9.17) is 4.74 Å². The van der Waals surface area contributed by atoms with Crippen LogP contribution in [0.4, 0.5) is 5.82 Å². The Labute approximate surface area is 127 Å². The Hall–Kier alpha value is -1.53. The predicted octanol–water partition coefficient (Wildman–Crippen LogP) is 2.80. The smallest absolute Gasteiger partial charge is 0.144 e. The van der Waals surface area contributed by atoms with Crippen LogP contribution < -0.4 is 5.32 Å². The minimum atomic E-state index is 0.441. The van der Waals surface area contributed by atoms with Gasteiger partial charge in [0, 0.05) is 25.5 Å². The second-order valence-corrected chi connectivity index (χ2v) is 5.00. The Balaban J connectivity index is 2.32. The molecule has 0 bridgehead atoms. The molecule has 0 atom stereocenters. The van der Waals surface area contributed by atoms with E-state index in [1.54, 1.807) is 13.3 Å². The monoisotopic (exact) mass is 336 g/mol. The van der Waals surface area contributed by atoms with Crippen LogP contribution in [0.5, 0.6) is 0 Å². The van der Waals surface area contributed by atoms with Crippen molar-refractivity contribution < 1.29 is 4.74 Å². The maximum absolute atomic E-state index is 5.18. The van der Waals surface area contributed by atoms with Crippen molar-refractivity contribution in [3.63, 3.8) is 0 Å². The zero-order valence-corrected chi connectivity index (χ0v) is 13.1. The molecule has 0 aliphatic carbocycles. The zero-order valence-electron chi connectivity index (χ0n) is 11.6. The van der Waals surface area contributed by atoms with Crippen molar-refractivity contribution in [1.29, 1.82) is 0 Å². The predicted molar refractivity (Wildman–Crippen MR) is 81.7 cm³/mol. The number of hydrogen-bond acceptors (Lipinski definition) is 5. The van der Waals surface area contributed by atoms with Gasteiger partial charge in [-0.25, -0.2) is 9.97 Å². The van der Waals surface area contributed by atoms with Crippen molar-refractivity contribution in [2.45, 2.75) is 20.0 Å². The third kappa shape index (κ3) is 3.74. The van der Waals surface area contributed by atoms with Gasteiger partial charge in [0.05, 0.1) is 23.2 Å². The first-order valence-electron chi connectivity index (χ1n) is 6.42. The molecule has 6 heteroatoms. The van der Waals surface area contributed by atoms with Crippen LogP contribution in [-0.2, 0) is 17.8 Å². The number of aromatic nitrogens is 3. The first-order valence-corrected chi connectivity index (χ1v) is 7.22. The molecule has 0 unspecified atom stereocenters. The van der Waals surface area contributed by atoms with Gasteiger partial charge in [-0.15, -0.1) is 0 Å². The van der Waals surface area contributed by atoms with E-state index >= 15 is 0 Å². The quantitative estimate of drug-likeness (QED) is 0.878. The highest BCUT2D eigenvalue weighted by Gasteiger charge is 2.12. The zero-order chi connectivity index (χ0) is 14.4. The summed E-state index contributed by atoms with van der Waals surface area (Å²) in [6.07, 6.45) is 2.37. The molecule has 0 aromatic carbocycles. The molecule has 5 nitrogen and oxygen atoms in total. The fourth-order valence-electron chi connectivity index (χ4n) is 1.81. The van der Waals surface area contributed by atoms with E-state index in [1.165, 1.54) is 0 Å². The van der Waals surface area contributed by atoms with E-state index in [0.717, 1.165) is 34.0 Å². The van der Waals surface area contributed by atoms with Crippen LogP contribution in [0.2, 0.25) is 0 Å².